The summed E-state index contributed by atoms with van der Waals surface area (Å²) in [5.74, 6) is 1.97. The van der Waals surface area contributed by atoms with Gasteiger partial charge in [0.2, 0.25) is 5.91 Å². The maximum Gasteiger partial charge on any atom is 0.222 e. The molecule has 3 heterocycles. The van der Waals surface area contributed by atoms with Crippen molar-refractivity contribution in [3.05, 3.63) is 65.9 Å². The zero-order valence-electron chi connectivity index (χ0n) is 19.3. The molecule has 1 unspecified atom stereocenters. The van der Waals surface area contributed by atoms with E-state index in [1.807, 2.05) is 29.3 Å². The number of rotatable bonds is 7. The Bertz CT molecular complexity index is 875. The normalized spacial score (nSPS) is 20.4. The second-order valence-electron chi connectivity index (χ2n) is 9.24. The molecule has 0 aliphatic carbocycles. The number of amides is 1. The Hall–Kier alpha value is -2.66. The maximum atomic E-state index is 12.8. The molecule has 2 aliphatic heterocycles. The Morgan fingerprint density at radius 2 is 1.81 bits per heavy atom. The minimum absolute atomic E-state index is 0.322. The van der Waals surface area contributed by atoms with Gasteiger partial charge in [0.15, 0.2) is 0 Å². The van der Waals surface area contributed by atoms with Crippen molar-refractivity contribution in [1.82, 2.24) is 14.8 Å². The van der Waals surface area contributed by atoms with Crippen LogP contribution >= 0.6 is 0 Å². The number of nitrogens with zero attached hydrogens (tertiary/aromatic N) is 4. The molecule has 1 atom stereocenters. The van der Waals surface area contributed by atoms with Crippen molar-refractivity contribution >= 4 is 17.8 Å². The first-order valence-corrected chi connectivity index (χ1v) is 12.1. The first-order valence-electron chi connectivity index (χ1n) is 12.1. The summed E-state index contributed by atoms with van der Waals surface area (Å²) in [5, 5.41) is 0. The van der Waals surface area contributed by atoms with Gasteiger partial charge in [-0.2, -0.15) is 0 Å². The minimum atomic E-state index is 0.322. The number of piperazine rings is 1. The van der Waals surface area contributed by atoms with E-state index in [9.17, 15) is 4.79 Å². The third kappa shape index (κ3) is 6.42. The van der Waals surface area contributed by atoms with Crippen LogP contribution in [0.15, 0.2) is 60.3 Å². The van der Waals surface area contributed by atoms with Gasteiger partial charge in [-0.15, -0.1) is 0 Å². The lowest BCUT2D eigenvalue weighted by atomic mass is 9.92. The highest BCUT2D eigenvalue weighted by atomic mass is 16.2. The largest absolute Gasteiger partial charge is 0.353 e. The molecule has 170 valence electrons. The molecule has 0 spiro atoms. The van der Waals surface area contributed by atoms with Gasteiger partial charge in [-0.25, -0.2) is 4.98 Å². The van der Waals surface area contributed by atoms with Crippen LogP contribution in [-0.4, -0.2) is 66.5 Å². The summed E-state index contributed by atoms with van der Waals surface area (Å²) in [6.45, 7) is 8.87. The lowest BCUT2D eigenvalue weighted by molar-refractivity contribution is -0.131. The summed E-state index contributed by atoms with van der Waals surface area (Å²) < 4.78 is 0. The average Bonchev–Trinajstić information content (AvgIpc) is 2.84. The molecule has 2 fully saturated rings. The Labute approximate surface area is 192 Å². The molecule has 4 rings (SSSR count). The molecule has 1 aromatic heterocycles. The highest BCUT2D eigenvalue weighted by Crippen LogP contribution is 2.23. The van der Waals surface area contributed by atoms with Crippen LogP contribution < -0.4 is 4.90 Å². The van der Waals surface area contributed by atoms with Gasteiger partial charge >= 0.3 is 0 Å². The fourth-order valence-electron chi connectivity index (χ4n) is 4.97. The van der Waals surface area contributed by atoms with Gasteiger partial charge < -0.3 is 9.80 Å². The lowest BCUT2D eigenvalue weighted by Crippen LogP contribution is -2.49. The number of hydrogen-bond acceptors (Lipinski definition) is 4. The van der Waals surface area contributed by atoms with Crippen molar-refractivity contribution in [3.8, 4) is 0 Å². The monoisotopic (exact) mass is 432 g/mol. The van der Waals surface area contributed by atoms with E-state index < -0.39 is 0 Å². The molecule has 0 bridgehead atoms. The summed E-state index contributed by atoms with van der Waals surface area (Å²) in [5.41, 5.74) is 2.67. The fourth-order valence-corrected chi connectivity index (χ4v) is 4.97. The highest BCUT2D eigenvalue weighted by Gasteiger charge is 2.24. The molecule has 2 saturated heterocycles. The van der Waals surface area contributed by atoms with Crippen molar-refractivity contribution in [2.45, 2.75) is 32.6 Å². The van der Waals surface area contributed by atoms with Crippen LogP contribution in [0.4, 0.5) is 5.82 Å². The van der Waals surface area contributed by atoms with E-state index in [0.717, 1.165) is 51.5 Å². The Morgan fingerprint density at radius 3 is 2.56 bits per heavy atom. The Kier molecular flexibility index (Phi) is 7.94. The second-order valence-corrected chi connectivity index (χ2v) is 9.24. The van der Waals surface area contributed by atoms with E-state index >= 15 is 0 Å². The molecule has 5 heteroatoms. The van der Waals surface area contributed by atoms with E-state index in [1.54, 1.807) is 0 Å². The summed E-state index contributed by atoms with van der Waals surface area (Å²) in [4.78, 5) is 24.1. The quantitative estimate of drug-likeness (QED) is 0.653. The summed E-state index contributed by atoms with van der Waals surface area (Å²) >= 11 is 0. The van der Waals surface area contributed by atoms with Crippen LogP contribution in [0.3, 0.4) is 0 Å². The van der Waals surface area contributed by atoms with E-state index in [1.165, 1.54) is 30.5 Å². The first kappa shape index (κ1) is 22.5. The topological polar surface area (TPSA) is 39.7 Å². The third-order valence-electron chi connectivity index (χ3n) is 6.66. The number of aromatic nitrogens is 1. The predicted molar refractivity (Wildman–Crippen MR) is 132 cm³/mol. The molecule has 5 nitrogen and oxygen atoms in total. The van der Waals surface area contributed by atoms with Gasteiger partial charge in [0.1, 0.15) is 5.82 Å². The number of carbonyl (C=O) groups is 1. The fraction of sp³-hybridized carbons (Fsp3) is 0.481. The Morgan fingerprint density at radius 1 is 1.03 bits per heavy atom. The van der Waals surface area contributed by atoms with E-state index in [4.69, 9.17) is 0 Å². The van der Waals surface area contributed by atoms with E-state index in [-0.39, 0.29) is 0 Å². The number of anilines is 1. The van der Waals surface area contributed by atoms with Gasteiger partial charge in [0.25, 0.3) is 0 Å². The molecular formula is C27H36N4O. The van der Waals surface area contributed by atoms with Crippen LogP contribution in [-0.2, 0) is 4.79 Å². The van der Waals surface area contributed by atoms with Crippen molar-refractivity contribution in [1.29, 1.82) is 0 Å². The smallest absolute Gasteiger partial charge is 0.222 e. The number of piperidine rings is 1. The average molecular weight is 433 g/mol. The van der Waals surface area contributed by atoms with Crippen molar-refractivity contribution in [2.24, 2.45) is 5.92 Å². The molecule has 32 heavy (non-hydrogen) atoms. The summed E-state index contributed by atoms with van der Waals surface area (Å²) in [6, 6.07) is 16.6. The van der Waals surface area contributed by atoms with E-state index in [0.29, 0.717) is 18.2 Å². The van der Waals surface area contributed by atoms with Crippen molar-refractivity contribution < 1.29 is 4.79 Å². The summed E-state index contributed by atoms with van der Waals surface area (Å²) in [7, 11) is 0. The number of benzene rings is 1. The molecule has 2 aliphatic rings. The van der Waals surface area contributed by atoms with Crippen LogP contribution in [0, 0.1) is 5.92 Å². The molecule has 1 amide bonds. The van der Waals surface area contributed by atoms with Crippen LogP contribution in [0.5, 0.6) is 0 Å². The SMILES string of the molecule is C/C(=C\c1ccccc1)CN1CCCC(CCC(=O)N2CCN(c3ccccn3)CC2)C1. The van der Waals surface area contributed by atoms with Crippen LogP contribution in [0.2, 0.25) is 0 Å². The zero-order valence-corrected chi connectivity index (χ0v) is 19.3. The van der Waals surface area contributed by atoms with Crippen molar-refractivity contribution in [3.63, 3.8) is 0 Å². The predicted octanol–water partition coefficient (Wildman–Crippen LogP) is 4.33. The van der Waals surface area contributed by atoms with Crippen LogP contribution in [0.1, 0.15) is 38.2 Å². The Balaban J connectivity index is 1.19. The standard InChI is InChI=1S/C27H36N4O/c1-23(20-24-8-3-2-4-9-24)21-29-15-7-10-25(22-29)12-13-27(32)31-18-16-30(17-19-31)26-11-5-6-14-28-26/h2-6,8-9,11,14,20,25H,7,10,12-13,15-19,21-22H2,1H3/b23-20+. The molecular weight excluding hydrogens is 396 g/mol. The zero-order chi connectivity index (χ0) is 22.2. The number of carbonyl (C=O) groups excluding carboxylic acids is 1. The first-order chi connectivity index (χ1) is 15.7. The molecule has 0 N–H and O–H groups in total. The maximum absolute atomic E-state index is 12.8. The van der Waals surface area contributed by atoms with E-state index in [2.05, 4.69) is 58.1 Å². The van der Waals surface area contributed by atoms with Gasteiger partial charge in [-0.05, 0) is 56.3 Å². The number of pyridine rings is 1. The molecule has 0 saturated carbocycles. The van der Waals surface area contributed by atoms with Gasteiger partial charge in [0.05, 0.1) is 0 Å². The van der Waals surface area contributed by atoms with Gasteiger partial charge in [-0.3, -0.25) is 9.69 Å². The number of hydrogen-bond donors (Lipinski definition) is 0. The minimum Gasteiger partial charge on any atom is -0.353 e. The molecule has 2 aromatic rings. The van der Waals surface area contributed by atoms with Gasteiger partial charge in [0, 0.05) is 51.9 Å². The van der Waals surface area contributed by atoms with Crippen molar-refractivity contribution in [2.75, 3.05) is 50.7 Å². The van der Waals surface area contributed by atoms with Gasteiger partial charge in [-0.1, -0.05) is 48.0 Å². The van der Waals surface area contributed by atoms with Crippen LogP contribution in [0.25, 0.3) is 6.08 Å². The summed E-state index contributed by atoms with van der Waals surface area (Å²) in [6.07, 6.45) is 8.30. The molecule has 1 aromatic carbocycles. The second kappa shape index (κ2) is 11.3. The number of likely N-dealkylation sites (tertiary alicyclic amines) is 1. The third-order valence-corrected chi connectivity index (χ3v) is 6.66. The highest BCUT2D eigenvalue weighted by molar-refractivity contribution is 5.76. The molecule has 0 radical (unpaired) electrons. The lowest BCUT2D eigenvalue weighted by Gasteiger charge is -2.36.